The van der Waals surface area contributed by atoms with Gasteiger partial charge in [-0.1, -0.05) is 48.5 Å². The Bertz CT molecular complexity index is 1250. The number of carbonyl (C=O) groups is 3. The average molecular weight is 579 g/mol. The number of carboxylic acids is 1. The van der Waals surface area contributed by atoms with Gasteiger partial charge in [0.15, 0.2) is 0 Å². The third kappa shape index (κ3) is 8.97. The number of likely N-dealkylation sites (tertiary alicyclic amines) is 1. The number of benzene rings is 2. The number of carboxylic acid groups (broad SMARTS) is 1. The number of carbonyl (C=O) groups excluding carboxylic acids is 2. The molecular formula is C34H46N2O6. The molecule has 1 N–H and O–H groups in total. The van der Waals surface area contributed by atoms with E-state index in [0.717, 1.165) is 36.0 Å². The maximum absolute atomic E-state index is 13.4. The molecule has 1 saturated carbocycles. The summed E-state index contributed by atoms with van der Waals surface area (Å²) in [5.74, 6) is -0.265. The second-order valence-corrected chi connectivity index (χ2v) is 13.7. The van der Waals surface area contributed by atoms with Crippen molar-refractivity contribution in [1.29, 1.82) is 0 Å². The quantitative estimate of drug-likeness (QED) is 0.359. The highest BCUT2D eigenvalue weighted by molar-refractivity contribution is 5.70. The van der Waals surface area contributed by atoms with Crippen molar-refractivity contribution in [2.24, 2.45) is 5.92 Å². The number of nitrogens with zero attached hydrogens (tertiary/aromatic N) is 2. The van der Waals surface area contributed by atoms with Crippen molar-refractivity contribution in [2.75, 3.05) is 19.6 Å². The third-order valence-electron chi connectivity index (χ3n) is 7.73. The van der Waals surface area contributed by atoms with E-state index in [1.807, 2.05) is 64.6 Å². The van der Waals surface area contributed by atoms with E-state index in [-0.39, 0.29) is 36.5 Å². The lowest BCUT2D eigenvalue weighted by Crippen LogP contribution is -2.46. The van der Waals surface area contributed by atoms with E-state index < -0.39 is 17.2 Å². The van der Waals surface area contributed by atoms with Crippen LogP contribution in [-0.4, -0.2) is 69.9 Å². The van der Waals surface area contributed by atoms with Crippen LogP contribution in [0, 0.1) is 5.92 Å². The molecule has 1 aliphatic heterocycles. The van der Waals surface area contributed by atoms with Crippen LogP contribution >= 0.6 is 0 Å². The maximum atomic E-state index is 13.4. The van der Waals surface area contributed by atoms with E-state index in [1.54, 1.807) is 4.90 Å². The predicted octanol–water partition coefficient (Wildman–Crippen LogP) is 7.11. The highest BCUT2D eigenvalue weighted by atomic mass is 16.6. The lowest BCUT2D eigenvalue weighted by atomic mass is 9.96. The molecule has 8 heteroatoms. The van der Waals surface area contributed by atoms with Gasteiger partial charge >= 0.3 is 18.2 Å². The number of aliphatic carboxylic acids is 1. The molecule has 1 aliphatic carbocycles. The Labute approximate surface area is 250 Å². The van der Waals surface area contributed by atoms with E-state index in [0.29, 0.717) is 26.1 Å². The van der Waals surface area contributed by atoms with E-state index in [9.17, 15) is 14.4 Å². The van der Waals surface area contributed by atoms with Crippen molar-refractivity contribution in [3.05, 3.63) is 59.7 Å². The van der Waals surface area contributed by atoms with Crippen LogP contribution in [0.3, 0.4) is 0 Å². The predicted molar refractivity (Wildman–Crippen MR) is 162 cm³/mol. The molecule has 0 aromatic heterocycles. The van der Waals surface area contributed by atoms with Crippen LogP contribution in [0.2, 0.25) is 0 Å². The lowest BCUT2D eigenvalue weighted by Gasteiger charge is -2.36. The van der Waals surface area contributed by atoms with E-state index in [1.165, 1.54) is 5.56 Å². The first-order valence-electron chi connectivity index (χ1n) is 15.1. The summed E-state index contributed by atoms with van der Waals surface area (Å²) in [5, 5.41) is 9.00. The number of ether oxygens (including phenoxy) is 2. The van der Waals surface area contributed by atoms with Gasteiger partial charge in [0, 0.05) is 38.0 Å². The molecule has 2 fully saturated rings. The Hall–Kier alpha value is -3.55. The highest BCUT2D eigenvalue weighted by Gasteiger charge is 2.46. The summed E-state index contributed by atoms with van der Waals surface area (Å²) in [7, 11) is 0. The largest absolute Gasteiger partial charge is 0.481 e. The summed E-state index contributed by atoms with van der Waals surface area (Å²) < 4.78 is 11.4. The van der Waals surface area contributed by atoms with Gasteiger partial charge in [0.25, 0.3) is 0 Å². The maximum Gasteiger partial charge on any atom is 0.410 e. The Morgan fingerprint density at radius 3 is 2.14 bits per heavy atom. The average Bonchev–Trinajstić information content (AvgIpc) is 3.70. The zero-order valence-corrected chi connectivity index (χ0v) is 25.9. The topological polar surface area (TPSA) is 96.4 Å². The molecule has 0 unspecified atom stereocenters. The Morgan fingerprint density at radius 1 is 0.905 bits per heavy atom. The molecule has 2 atom stereocenters. The van der Waals surface area contributed by atoms with E-state index in [4.69, 9.17) is 14.6 Å². The van der Waals surface area contributed by atoms with Crippen molar-refractivity contribution < 1.29 is 29.0 Å². The van der Waals surface area contributed by atoms with Gasteiger partial charge in [-0.3, -0.25) is 4.79 Å². The molecule has 2 aromatic rings. The fraction of sp³-hybridized carbons (Fsp3) is 0.559. The standard InChI is InChI=1S/C34H46N2O6/c1-33(2,3)41-31(39)35-18-16-24(17-19-35)22-36(32(40)42-34(4,5)6)29-21-28(29)26-13-11-25(12-14-26)27-9-7-8-23(20-27)10-15-30(37)38/h7-9,11-14,20,24,28-29H,10,15-19,21-22H2,1-6H3,(H,37,38)/t28-,29+/m0/s1. The minimum atomic E-state index is -0.796. The second-order valence-electron chi connectivity index (χ2n) is 13.7. The van der Waals surface area contributed by atoms with Gasteiger partial charge in [0.1, 0.15) is 11.2 Å². The number of rotatable bonds is 8. The van der Waals surface area contributed by atoms with Gasteiger partial charge < -0.3 is 24.4 Å². The van der Waals surface area contributed by atoms with Gasteiger partial charge in [-0.05, 0) is 95.4 Å². The SMILES string of the molecule is CC(C)(C)OC(=O)N1CCC(CN(C(=O)OC(C)(C)C)[C@@H]2C[C@H]2c2ccc(-c3cccc(CCC(=O)O)c3)cc2)CC1. The summed E-state index contributed by atoms with van der Waals surface area (Å²) in [6, 6.07) is 16.6. The molecule has 0 spiro atoms. The summed E-state index contributed by atoms with van der Waals surface area (Å²) in [6.07, 6.45) is 2.59. The van der Waals surface area contributed by atoms with Crippen LogP contribution < -0.4 is 0 Å². The van der Waals surface area contributed by atoms with Crippen molar-refractivity contribution in [3.8, 4) is 11.1 Å². The first-order valence-corrected chi connectivity index (χ1v) is 15.1. The zero-order chi connectivity index (χ0) is 30.7. The Balaban J connectivity index is 1.40. The van der Waals surface area contributed by atoms with E-state index >= 15 is 0 Å². The molecule has 1 heterocycles. The van der Waals surface area contributed by atoms with E-state index in [2.05, 4.69) is 30.3 Å². The Kier molecular flexibility index (Phi) is 9.53. The molecule has 2 amide bonds. The van der Waals surface area contributed by atoms with Crippen molar-refractivity contribution in [3.63, 3.8) is 0 Å². The molecule has 4 rings (SSSR count). The van der Waals surface area contributed by atoms with Crippen LogP contribution in [-0.2, 0) is 20.7 Å². The van der Waals surface area contributed by atoms with Crippen molar-refractivity contribution in [1.82, 2.24) is 9.80 Å². The first-order chi connectivity index (χ1) is 19.7. The number of amides is 2. The molecule has 1 saturated heterocycles. The van der Waals surface area contributed by atoms with Gasteiger partial charge in [0.05, 0.1) is 0 Å². The normalized spacial score (nSPS) is 19.2. The van der Waals surface area contributed by atoms with Gasteiger partial charge in [-0.25, -0.2) is 9.59 Å². The van der Waals surface area contributed by atoms with Crippen LogP contribution in [0.15, 0.2) is 48.5 Å². The van der Waals surface area contributed by atoms with Crippen LogP contribution in [0.5, 0.6) is 0 Å². The minimum absolute atomic E-state index is 0.0777. The molecule has 42 heavy (non-hydrogen) atoms. The molecule has 2 aromatic carbocycles. The fourth-order valence-electron chi connectivity index (χ4n) is 5.53. The zero-order valence-electron chi connectivity index (χ0n) is 25.9. The summed E-state index contributed by atoms with van der Waals surface area (Å²) in [4.78, 5) is 40.5. The molecule has 2 aliphatic rings. The van der Waals surface area contributed by atoms with Gasteiger partial charge in [-0.15, -0.1) is 0 Å². The number of hydrogen-bond donors (Lipinski definition) is 1. The fourth-order valence-corrected chi connectivity index (χ4v) is 5.53. The molecule has 0 radical (unpaired) electrons. The van der Waals surface area contributed by atoms with Gasteiger partial charge in [-0.2, -0.15) is 0 Å². The van der Waals surface area contributed by atoms with Crippen LogP contribution in [0.1, 0.15) is 84.3 Å². The highest BCUT2D eigenvalue weighted by Crippen LogP contribution is 2.46. The monoisotopic (exact) mass is 578 g/mol. The smallest absolute Gasteiger partial charge is 0.410 e. The lowest BCUT2D eigenvalue weighted by molar-refractivity contribution is -0.136. The number of hydrogen-bond acceptors (Lipinski definition) is 5. The van der Waals surface area contributed by atoms with Crippen LogP contribution in [0.25, 0.3) is 11.1 Å². The number of piperidine rings is 1. The van der Waals surface area contributed by atoms with Crippen LogP contribution in [0.4, 0.5) is 9.59 Å². The molecular weight excluding hydrogens is 532 g/mol. The summed E-state index contributed by atoms with van der Waals surface area (Å²) >= 11 is 0. The molecule has 8 nitrogen and oxygen atoms in total. The number of aryl methyl sites for hydroxylation is 1. The summed E-state index contributed by atoms with van der Waals surface area (Å²) in [5.41, 5.74) is 3.23. The summed E-state index contributed by atoms with van der Waals surface area (Å²) in [6.45, 7) is 13.1. The van der Waals surface area contributed by atoms with Crippen molar-refractivity contribution in [2.45, 2.75) is 96.8 Å². The first kappa shape index (κ1) is 31.4. The minimum Gasteiger partial charge on any atom is -0.481 e. The van der Waals surface area contributed by atoms with Crippen molar-refractivity contribution >= 4 is 18.2 Å². The second kappa shape index (κ2) is 12.8. The Morgan fingerprint density at radius 2 is 1.55 bits per heavy atom. The van der Waals surface area contributed by atoms with Gasteiger partial charge in [0.2, 0.25) is 0 Å². The molecule has 228 valence electrons. The molecule has 0 bridgehead atoms. The third-order valence-corrected chi connectivity index (χ3v) is 7.73.